The number of nitrogens with zero attached hydrogens (tertiary/aromatic N) is 3. The first-order valence-electron chi connectivity index (χ1n) is 5.75. The van der Waals surface area contributed by atoms with Crippen LogP contribution in [0.3, 0.4) is 0 Å². The molecule has 6 heteroatoms. The van der Waals surface area contributed by atoms with Gasteiger partial charge in [0.05, 0.1) is 0 Å². The van der Waals surface area contributed by atoms with E-state index in [-0.39, 0.29) is 0 Å². The van der Waals surface area contributed by atoms with E-state index in [9.17, 15) is 0 Å². The molecular weight excluding hydrogens is 234 g/mol. The Bertz CT molecular complexity index is 345. The topological polar surface area (TPSA) is 67.1 Å². The molecule has 3 N–H and O–H groups in total. The third kappa shape index (κ3) is 3.74. The molecule has 0 saturated carbocycles. The molecule has 0 fully saturated rings. The number of hydrogen-bond donors (Lipinski definition) is 2. The Morgan fingerprint density at radius 3 is 2.82 bits per heavy atom. The molecule has 0 atom stereocenters. The van der Waals surface area contributed by atoms with Crippen molar-refractivity contribution in [3.05, 3.63) is 11.9 Å². The molecular formula is C11H21N5S. The van der Waals surface area contributed by atoms with Gasteiger partial charge in [0, 0.05) is 24.9 Å². The van der Waals surface area contributed by atoms with Gasteiger partial charge in [-0.05, 0) is 12.7 Å². The van der Waals surface area contributed by atoms with Crippen LogP contribution in [0.25, 0.3) is 0 Å². The van der Waals surface area contributed by atoms with Crippen LogP contribution in [-0.2, 0) is 6.42 Å². The van der Waals surface area contributed by atoms with Crippen LogP contribution in [0.15, 0.2) is 6.33 Å². The van der Waals surface area contributed by atoms with E-state index >= 15 is 0 Å². The van der Waals surface area contributed by atoms with Crippen molar-refractivity contribution in [2.45, 2.75) is 19.8 Å². The van der Waals surface area contributed by atoms with Crippen LogP contribution in [0.1, 0.15) is 18.9 Å². The summed E-state index contributed by atoms with van der Waals surface area (Å²) >= 11 is 1.83. The maximum Gasteiger partial charge on any atom is 0.148 e. The summed E-state index contributed by atoms with van der Waals surface area (Å²) in [4.78, 5) is 10.7. The normalized spacial score (nSPS) is 10.4. The lowest BCUT2D eigenvalue weighted by atomic mass is 10.1. The Hall–Kier alpha value is -1.01. The first-order chi connectivity index (χ1) is 8.24. The van der Waals surface area contributed by atoms with Crippen LogP contribution < -0.4 is 16.2 Å². The Balaban J connectivity index is 2.95. The SMILES string of the molecule is CCCc1c(NN)ncnc1N(C)CCSC. The lowest BCUT2D eigenvalue weighted by Gasteiger charge is -2.21. The van der Waals surface area contributed by atoms with E-state index in [0.717, 1.165) is 42.3 Å². The molecule has 1 rings (SSSR count). The Morgan fingerprint density at radius 2 is 2.24 bits per heavy atom. The second kappa shape index (κ2) is 7.34. The van der Waals surface area contributed by atoms with Crippen LogP contribution in [-0.4, -0.2) is 35.6 Å². The van der Waals surface area contributed by atoms with Crippen molar-refractivity contribution < 1.29 is 0 Å². The molecule has 1 aromatic rings. The molecule has 0 saturated heterocycles. The summed E-state index contributed by atoms with van der Waals surface area (Å²) in [6, 6.07) is 0. The summed E-state index contributed by atoms with van der Waals surface area (Å²) < 4.78 is 0. The zero-order chi connectivity index (χ0) is 12.7. The number of hydrazine groups is 1. The molecule has 5 nitrogen and oxygen atoms in total. The second-order valence-corrected chi connectivity index (χ2v) is 4.82. The minimum absolute atomic E-state index is 0.729. The molecule has 0 radical (unpaired) electrons. The van der Waals surface area contributed by atoms with E-state index in [1.165, 1.54) is 0 Å². The van der Waals surface area contributed by atoms with Crippen molar-refractivity contribution in [2.75, 3.05) is 35.9 Å². The average Bonchev–Trinajstić information content (AvgIpc) is 2.36. The third-order valence-corrected chi connectivity index (χ3v) is 3.14. The summed E-state index contributed by atoms with van der Waals surface area (Å²) in [6.45, 7) is 3.11. The van der Waals surface area contributed by atoms with E-state index in [4.69, 9.17) is 5.84 Å². The maximum absolute atomic E-state index is 5.49. The molecule has 0 aliphatic carbocycles. The first kappa shape index (κ1) is 14.1. The van der Waals surface area contributed by atoms with Crippen molar-refractivity contribution in [2.24, 2.45) is 5.84 Å². The number of hydrogen-bond acceptors (Lipinski definition) is 6. The van der Waals surface area contributed by atoms with Crippen molar-refractivity contribution in [3.8, 4) is 0 Å². The molecule has 0 aromatic carbocycles. The highest BCUT2D eigenvalue weighted by atomic mass is 32.2. The molecule has 1 aromatic heterocycles. The number of rotatable bonds is 7. The average molecular weight is 255 g/mol. The lowest BCUT2D eigenvalue weighted by Crippen LogP contribution is -2.24. The van der Waals surface area contributed by atoms with Gasteiger partial charge in [0.1, 0.15) is 18.0 Å². The van der Waals surface area contributed by atoms with Crippen LogP contribution >= 0.6 is 11.8 Å². The smallest absolute Gasteiger partial charge is 0.148 e. The minimum atomic E-state index is 0.729. The van der Waals surface area contributed by atoms with Crippen LogP contribution in [0, 0.1) is 0 Å². The van der Waals surface area contributed by atoms with Gasteiger partial charge in [-0.1, -0.05) is 13.3 Å². The van der Waals surface area contributed by atoms with Crippen LogP contribution in [0.2, 0.25) is 0 Å². The summed E-state index contributed by atoms with van der Waals surface area (Å²) in [5, 5.41) is 0. The van der Waals surface area contributed by atoms with Gasteiger partial charge in [-0.2, -0.15) is 11.8 Å². The lowest BCUT2D eigenvalue weighted by molar-refractivity contribution is 0.862. The van der Waals surface area contributed by atoms with E-state index in [1.54, 1.807) is 6.33 Å². The third-order valence-electron chi connectivity index (χ3n) is 2.55. The zero-order valence-electron chi connectivity index (χ0n) is 10.7. The number of thioether (sulfide) groups is 1. The predicted molar refractivity (Wildman–Crippen MR) is 75.5 cm³/mol. The summed E-state index contributed by atoms with van der Waals surface area (Å²) in [5.41, 5.74) is 3.75. The van der Waals surface area contributed by atoms with Crippen LogP contribution in [0.5, 0.6) is 0 Å². The van der Waals surface area contributed by atoms with Gasteiger partial charge < -0.3 is 10.3 Å². The highest BCUT2D eigenvalue weighted by molar-refractivity contribution is 7.98. The van der Waals surface area contributed by atoms with E-state index < -0.39 is 0 Å². The number of nitrogens with one attached hydrogen (secondary N) is 1. The van der Waals surface area contributed by atoms with Gasteiger partial charge in [-0.3, -0.25) is 0 Å². The molecule has 0 amide bonds. The van der Waals surface area contributed by atoms with Crippen LogP contribution in [0.4, 0.5) is 11.6 Å². The van der Waals surface area contributed by atoms with E-state index in [2.05, 4.69) is 40.5 Å². The standard InChI is InChI=1S/C11H21N5S/c1-4-5-9-10(15-12)13-8-14-11(9)16(2)6-7-17-3/h8H,4-7,12H2,1-3H3,(H,13,14,15). The highest BCUT2D eigenvalue weighted by Gasteiger charge is 2.13. The molecule has 1 heterocycles. The first-order valence-corrected chi connectivity index (χ1v) is 7.14. The van der Waals surface area contributed by atoms with E-state index in [0.29, 0.717) is 0 Å². The van der Waals surface area contributed by atoms with E-state index in [1.807, 2.05) is 11.8 Å². The largest absolute Gasteiger partial charge is 0.358 e. The number of aromatic nitrogens is 2. The fourth-order valence-electron chi connectivity index (χ4n) is 1.67. The zero-order valence-corrected chi connectivity index (χ0v) is 11.5. The fourth-order valence-corrected chi connectivity index (χ4v) is 2.13. The Morgan fingerprint density at radius 1 is 1.47 bits per heavy atom. The number of anilines is 2. The molecule has 0 bridgehead atoms. The molecule has 0 aliphatic heterocycles. The quantitative estimate of drug-likeness (QED) is 0.569. The predicted octanol–water partition coefficient (Wildman–Crippen LogP) is 1.51. The van der Waals surface area contributed by atoms with Gasteiger partial charge in [-0.25, -0.2) is 15.8 Å². The summed E-state index contributed by atoms with van der Waals surface area (Å²) in [7, 11) is 2.05. The molecule has 0 spiro atoms. The van der Waals surface area contributed by atoms with Gasteiger partial charge in [0.15, 0.2) is 0 Å². The molecule has 0 aliphatic rings. The fraction of sp³-hybridized carbons (Fsp3) is 0.636. The van der Waals surface area contributed by atoms with Crippen molar-refractivity contribution >= 4 is 23.4 Å². The van der Waals surface area contributed by atoms with Crippen molar-refractivity contribution in [3.63, 3.8) is 0 Å². The molecule has 96 valence electrons. The van der Waals surface area contributed by atoms with Gasteiger partial charge >= 0.3 is 0 Å². The van der Waals surface area contributed by atoms with Gasteiger partial charge in [0.25, 0.3) is 0 Å². The maximum atomic E-state index is 5.49. The second-order valence-electron chi connectivity index (χ2n) is 3.83. The van der Waals surface area contributed by atoms with Gasteiger partial charge in [0.2, 0.25) is 0 Å². The van der Waals surface area contributed by atoms with Crippen molar-refractivity contribution in [1.29, 1.82) is 0 Å². The number of nitrogens with two attached hydrogens (primary N) is 1. The highest BCUT2D eigenvalue weighted by Crippen LogP contribution is 2.23. The minimum Gasteiger partial charge on any atom is -0.358 e. The summed E-state index contributed by atoms with van der Waals surface area (Å²) in [6.07, 6.45) is 5.64. The Kier molecular flexibility index (Phi) is 6.07. The molecule has 0 unspecified atom stereocenters. The number of nitrogen functional groups attached to an aromatic ring is 1. The summed E-state index contributed by atoms with van der Waals surface area (Å²) in [5.74, 6) is 8.27. The monoisotopic (exact) mass is 255 g/mol. The van der Waals surface area contributed by atoms with Gasteiger partial charge in [-0.15, -0.1) is 0 Å². The van der Waals surface area contributed by atoms with Crippen molar-refractivity contribution in [1.82, 2.24) is 9.97 Å². The molecule has 17 heavy (non-hydrogen) atoms. The Labute approximate surface area is 107 Å².